The Hall–Kier alpha value is -3.67. The number of nitrogens with two attached hydrogens (primary N) is 1. The average Bonchev–Trinajstić information content (AvgIpc) is 2.83. The summed E-state index contributed by atoms with van der Waals surface area (Å²) < 4.78 is 4.93. The van der Waals surface area contributed by atoms with Crippen molar-refractivity contribution in [1.82, 2.24) is 20.8 Å². The third-order valence-corrected chi connectivity index (χ3v) is 4.00. The highest BCUT2D eigenvalue weighted by molar-refractivity contribution is 6.27. The van der Waals surface area contributed by atoms with E-state index in [1.54, 1.807) is 37.9 Å². The van der Waals surface area contributed by atoms with Crippen LogP contribution in [0.15, 0.2) is 52.8 Å². The molecule has 5 N–H and O–H groups in total. The molecule has 0 aliphatic carbocycles. The second-order valence-electron chi connectivity index (χ2n) is 6.27. The van der Waals surface area contributed by atoms with E-state index in [1.807, 2.05) is 12.1 Å². The van der Waals surface area contributed by atoms with Gasteiger partial charge in [-0.15, -0.1) is 0 Å². The number of aliphatic imine (C=N–C) groups is 2. The fourth-order valence-corrected chi connectivity index (χ4v) is 2.51. The monoisotopic (exact) mass is 440 g/mol. The molecule has 11 heteroatoms. The van der Waals surface area contributed by atoms with Crippen molar-refractivity contribution in [3.8, 4) is 0 Å². The number of hydrogen-bond donors (Lipinski definition) is 4. The first-order chi connectivity index (χ1) is 15.7. The van der Waals surface area contributed by atoms with E-state index in [0.29, 0.717) is 48.7 Å². The Balaban J connectivity index is 2.31. The fraction of sp³-hybridized carbons (Fsp3) is 0.286. The molecule has 0 aliphatic heterocycles. The van der Waals surface area contributed by atoms with Gasteiger partial charge in [-0.3, -0.25) is 14.8 Å². The molecule has 2 heterocycles. The minimum Gasteiger partial charge on any atom is -0.404 e. The Morgan fingerprint density at radius 3 is 2.81 bits per heavy atom. The van der Waals surface area contributed by atoms with Crippen LogP contribution in [0, 0.1) is 0 Å². The van der Waals surface area contributed by atoms with Crippen molar-refractivity contribution >= 4 is 35.4 Å². The third kappa shape index (κ3) is 8.22. The molecule has 0 saturated heterocycles. The van der Waals surface area contributed by atoms with Gasteiger partial charge in [-0.1, -0.05) is 6.07 Å². The van der Waals surface area contributed by atoms with Crippen molar-refractivity contribution in [2.75, 3.05) is 39.4 Å². The lowest BCUT2D eigenvalue weighted by Gasteiger charge is -2.12. The van der Waals surface area contributed by atoms with Gasteiger partial charge in [-0.2, -0.15) is 0 Å². The average molecular weight is 441 g/mol. The number of anilines is 1. The summed E-state index contributed by atoms with van der Waals surface area (Å²) >= 11 is 0. The van der Waals surface area contributed by atoms with Gasteiger partial charge in [0.05, 0.1) is 12.8 Å². The number of aromatic nitrogens is 2. The number of amidine groups is 1. The number of nitrogens with one attached hydrogen (secondary N) is 3. The third-order valence-electron chi connectivity index (χ3n) is 4.00. The van der Waals surface area contributed by atoms with Gasteiger partial charge in [0.1, 0.15) is 12.4 Å². The topological polar surface area (TPSA) is 148 Å². The lowest BCUT2D eigenvalue weighted by molar-refractivity contribution is -0.102. The number of aldehydes is 1. The Morgan fingerprint density at radius 1 is 1.25 bits per heavy atom. The Bertz CT molecular complexity index is 932. The first kappa shape index (κ1) is 24.6. The van der Waals surface area contributed by atoms with Crippen LogP contribution >= 0.6 is 0 Å². The molecule has 0 unspecified atom stereocenters. The van der Waals surface area contributed by atoms with Gasteiger partial charge in [0.15, 0.2) is 17.9 Å². The van der Waals surface area contributed by atoms with Crippen molar-refractivity contribution in [2.45, 2.75) is 6.54 Å². The number of pyridine rings is 2. The lowest BCUT2D eigenvalue weighted by Crippen LogP contribution is -2.32. The molecule has 2 aromatic heterocycles. The number of carbonyl (C=O) groups is 1. The van der Waals surface area contributed by atoms with Crippen molar-refractivity contribution in [3.05, 3.63) is 54.1 Å². The molecule has 2 aromatic rings. The number of hydroxylamine groups is 1. The minimum atomic E-state index is 0.165. The molecule has 32 heavy (non-hydrogen) atoms. The largest absolute Gasteiger partial charge is 0.404 e. The maximum Gasteiger partial charge on any atom is 0.185 e. The molecule has 0 saturated carbocycles. The van der Waals surface area contributed by atoms with E-state index in [4.69, 9.17) is 15.3 Å². The normalized spacial score (nSPS) is 12.2. The highest BCUT2D eigenvalue weighted by Crippen LogP contribution is 2.26. The van der Waals surface area contributed by atoms with Crippen molar-refractivity contribution in [1.29, 1.82) is 0 Å². The molecule has 0 radical (unpaired) electrons. The predicted molar refractivity (Wildman–Crippen MR) is 125 cm³/mol. The SMILES string of the molecule is COC/N=C\C(=C/N)c1ccc(/N=C(\C=O)NCCNOC)c(NCc2cccnc2)n1. The van der Waals surface area contributed by atoms with Crippen molar-refractivity contribution in [2.24, 2.45) is 15.7 Å². The first-order valence-corrected chi connectivity index (χ1v) is 9.80. The summed E-state index contributed by atoms with van der Waals surface area (Å²) in [4.78, 5) is 33.6. The van der Waals surface area contributed by atoms with Gasteiger partial charge in [0.2, 0.25) is 0 Å². The molecule has 0 bridgehead atoms. The molecule has 2 rings (SSSR count). The number of rotatable bonds is 13. The summed E-state index contributed by atoms with van der Waals surface area (Å²) in [6.07, 6.45) is 7.10. The highest BCUT2D eigenvalue weighted by atomic mass is 16.6. The molecule has 0 aliphatic rings. The first-order valence-electron chi connectivity index (χ1n) is 9.80. The van der Waals surface area contributed by atoms with E-state index < -0.39 is 0 Å². The van der Waals surface area contributed by atoms with Crippen molar-refractivity contribution < 1.29 is 14.4 Å². The zero-order chi connectivity index (χ0) is 23.0. The molecule has 0 spiro atoms. The number of nitrogens with zero attached hydrogens (tertiary/aromatic N) is 4. The van der Waals surface area contributed by atoms with Crippen LogP contribution in [0.5, 0.6) is 0 Å². The molecule has 11 nitrogen and oxygen atoms in total. The zero-order valence-corrected chi connectivity index (χ0v) is 18.1. The number of allylic oxidation sites excluding steroid dienone is 1. The smallest absolute Gasteiger partial charge is 0.185 e. The van der Waals surface area contributed by atoms with Crippen LogP contribution in [-0.2, 0) is 20.9 Å². The van der Waals surface area contributed by atoms with Crippen LogP contribution in [0.2, 0.25) is 0 Å². The van der Waals surface area contributed by atoms with Crippen LogP contribution in [-0.4, -0.2) is 62.3 Å². The van der Waals surface area contributed by atoms with Crippen LogP contribution in [0.3, 0.4) is 0 Å². The Labute approximate surface area is 186 Å². The summed E-state index contributed by atoms with van der Waals surface area (Å²) in [7, 11) is 3.07. The maximum absolute atomic E-state index is 11.5. The second kappa shape index (κ2) is 14.4. The van der Waals surface area contributed by atoms with Crippen LogP contribution in [0.1, 0.15) is 11.3 Å². The standard InChI is InChI=1S/C21H28N8O3/c1-31-15-24-13-17(10-22)18-5-6-19(28-20(14-30)25-8-9-27-32-2)21(29-18)26-12-16-4-3-7-23-11-16/h3-7,10-11,13-14,27H,8-9,12,15,22H2,1-2H3,(H,25,28)(H,26,29)/b17-10+,24-13-. The molecule has 0 aromatic carbocycles. The number of ether oxygens (including phenoxy) is 1. The predicted octanol–water partition coefficient (Wildman–Crippen LogP) is 1.03. The highest BCUT2D eigenvalue weighted by Gasteiger charge is 2.10. The van der Waals surface area contributed by atoms with Crippen LogP contribution < -0.4 is 21.8 Å². The van der Waals surface area contributed by atoms with E-state index in [-0.39, 0.29) is 12.6 Å². The molecule has 0 atom stereocenters. The Kier molecular flexibility index (Phi) is 11.0. The number of hydrogen-bond acceptors (Lipinski definition) is 10. The maximum atomic E-state index is 11.5. The Morgan fingerprint density at radius 2 is 2.12 bits per heavy atom. The molecule has 170 valence electrons. The number of methoxy groups -OCH3 is 1. The fourth-order valence-electron chi connectivity index (χ4n) is 2.51. The molecule has 0 fully saturated rings. The zero-order valence-electron chi connectivity index (χ0n) is 18.1. The van der Waals surface area contributed by atoms with Gasteiger partial charge >= 0.3 is 0 Å². The lowest BCUT2D eigenvalue weighted by atomic mass is 10.2. The van der Waals surface area contributed by atoms with E-state index in [2.05, 4.69) is 36.1 Å². The molecular formula is C21H28N8O3. The van der Waals surface area contributed by atoms with Gasteiger partial charge < -0.3 is 25.9 Å². The molecule has 0 amide bonds. The van der Waals surface area contributed by atoms with Crippen molar-refractivity contribution in [3.63, 3.8) is 0 Å². The number of carbonyl (C=O) groups excluding carboxylic acids is 1. The van der Waals surface area contributed by atoms with E-state index in [1.165, 1.54) is 13.3 Å². The summed E-state index contributed by atoms with van der Waals surface area (Å²) in [5.74, 6) is 0.639. The van der Waals surface area contributed by atoms with Gasteiger partial charge in [-0.05, 0) is 23.8 Å². The second-order valence-corrected chi connectivity index (χ2v) is 6.27. The van der Waals surface area contributed by atoms with Gasteiger partial charge in [0, 0.05) is 57.1 Å². The molecular weight excluding hydrogens is 412 g/mol. The quantitative estimate of drug-likeness (QED) is 0.118. The summed E-state index contributed by atoms with van der Waals surface area (Å²) in [5, 5.41) is 6.19. The van der Waals surface area contributed by atoms with Crippen LogP contribution in [0.25, 0.3) is 5.57 Å². The minimum absolute atomic E-state index is 0.165. The summed E-state index contributed by atoms with van der Waals surface area (Å²) in [6.45, 7) is 1.62. The van der Waals surface area contributed by atoms with E-state index >= 15 is 0 Å². The van der Waals surface area contributed by atoms with E-state index in [0.717, 1.165) is 5.56 Å². The van der Waals surface area contributed by atoms with E-state index in [9.17, 15) is 4.79 Å². The van der Waals surface area contributed by atoms with Gasteiger partial charge in [-0.25, -0.2) is 15.5 Å². The summed E-state index contributed by atoms with van der Waals surface area (Å²) in [5.41, 5.74) is 11.1. The summed E-state index contributed by atoms with van der Waals surface area (Å²) in [6, 6.07) is 7.29. The van der Waals surface area contributed by atoms with Crippen LogP contribution in [0.4, 0.5) is 11.5 Å². The van der Waals surface area contributed by atoms with Gasteiger partial charge in [0.25, 0.3) is 0 Å².